The smallest absolute Gasteiger partial charge is 0.0784 e. The Morgan fingerprint density at radius 1 is 0.667 bits per heavy atom. The fourth-order valence-corrected chi connectivity index (χ4v) is 2.27. The van der Waals surface area contributed by atoms with Gasteiger partial charge in [0.1, 0.15) is 0 Å². The van der Waals surface area contributed by atoms with Crippen LogP contribution >= 0.6 is 0 Å². The highest BCUT2D eigenvalue weighted by Crippen LogP contribution is 2.12. The number of rotatable bonds is 14. The molecule has 0 rings (SSSR count). The van der Waals surface area contributed by atoms with E-state index in [1.807, 2.05) is 0 Å². The lowest BCUT2D eigenvalue weighted by Gasteiger charge is -2.02. The van der Waals surface area contributed by atoms with Crippen molar-refractivity contribution in [3.05, 3.63) is 12.3 Å². The second-order valence-electron chi connectivity index (χ2n) is 5.29. The predicted molar refractivity (Wildman–Crippen MR) is 81.8 cm³/mol. The van der Waals surface area contributed by atoms with E-state index in [-0.39, 0.29) is 0 Å². The SMILES string of the molecule is CCCCCCCCCCCCCC/C=C\OC. The maximum absolute atomic E-state index is 4.87. The lowest BCUT2D eigenvalue weighted by molar-refractivity contribution is 0.336. The van der Waals surface area contributed by atoms with Crippen LogP contribution in [0.5, 0.6) is 0 Å². The van der Waals surface area contributed by atoms with Crippen molar-refractivity contribution >= 4 is 0 Å². The van der Waals surface area contributed by atoms with Crippen LogP contribution in [-0.4, -0.2) is 7.11 Å². The van der Waals surface area contributed by atoms with Crippen LogP contribution in [0.3, 0.4) is 0 Å². The fourth-order valence-electron chi connectivity index (χ4n) is 2.27. The number of hydrogen-bond donors (Lipinski definition) is 0. The molecule has 0 atom stereocenters. The molecular weight excluding hydrogens is 220 g/mol. The van der Waals surface area contributed by atoms with Crippen molar-refractivity contribution in [3.8, 4) is 0 Å². The summed E-state index contributed by atoms with van der Waals surface area (Å²) in [6.07, 6.45) is 22.1. The van der Waals surface area contributed by atoms with E-state index in [2.05, 4.69) is 13.0 Å². The van der Waals surface area contributed by atoms with E-state index in [4.69, 9.17) is 4.74 Å². The zero-order chi connectivity index (χ0) is 13.3. The van der Waals surface area contributed by atoms with Crippen LogP contribution in [0.4, 0.5) is 0 Å². The number of methoxy groups -OCH3 is 1. The molecule has 0 aromatic carbocycles. The molecule has 0 aliphatic carbocycles. The Labute approximate surface area is 115 Å². The summed E-state index contributed by atoms with van der Waals surface area (Å²) in [6, 6.07) is 0. The lowest BCUT2D eigenvalue weighted by atomic mass is 10.0. The molecule has 0 fully saturated rings. The van der Waals surface area contributed by atoms with Crippen LogP contribution in [-0.2, 0) is 4.74 Å². The maximum atomic E-state index is 4.87. The normalized spacial score (nSPS) is 11.2. The molecule has 0 unspecified atom stereocenters. The first-order chi connectivity index (χ1) is 8.91. The summed E-state index contributed by atoms with van der Waals surface area (Å²) >= 11 is 0. The van der Waals surface area contributed by atoms with Crippen molar-refractivity contribution in [1.82, 2.24) is 0 Å². The molecule has 0 aromatic heterocycles. The van der Waals surface area contributed by atoms with Gasteiger partial charge in [0.25, 0.3) is 0 Å². The molecule has 18 heavy (non-hydrogen) atoms. The first-order valence-corrected chi connectivity index (χ1v) is 8.09. The van der Waals surface area contributed by atoms with Crippen molar-refractivity contribution in [2.45, 2.75) is 90.4 Å². The molecular formula is C17H34O. The zero-order valence-corrected chi connectivity index (χ0v) is 12.8. The van der Waals surface area contributed by atoms with Gasteiger partial charge in [0.05, 0.1) is 13.4 Å². The third kappa shape index (κ3) is 15.5. The Morgan fingerprint density at radius 3 is 1.56 bits per heavy atom. The van der Waals surface area contributed by atoms with Gasteiger partial charge >= 0.3 is 0 Å². The van der Waals surface area contributed by atoms with Gasteiger partial charge in [0.15, 0.2) is 0 Å². The summed E-state index contributed by atoms with van der Waals surface area (Å²) < 4.78 is 4.87. The third-order valence-electron chi connectivity index (χ3n) is 3.46. The Bertz CT molecular complexity index is 163. The van der Waals surface area contributed by atoms with Gasteiger partial charge in [0.2, 0.25) is 0 Å². The van der Waals surface area contributed by atoms with E-state index in [9.17, 15) is 0 Å². The van der Waals surface area contributed by atoms with Crippen molar-refractivity contribution in [2.75, 3.05) is 7.11 Å². The average Bonchev–Trinajstić information content (AvgIpc) is 2.39. The Hall–Kier alpha value is -0.460. The highest BCUT2D eigenvalue weighted by atomic mass is 16.5. The monoisotopic (exact) mass is 254 g/mol. The van der Waals surface area contributed by atoms with Gasteiger partial charge in [-0.15, -0.1) is 0 Å². The first-order valence-electron chi connectivity index (χ1n) is 8.09. The molecule has 0 saturated carbocycles. The molecule has 0 aliphatic heterocycles. The van der Waals surface area contributed by atoms with Crippen LogP contribution in [0.15, 0.2) is 12.3 Å². The minimum absolute atomic E-state index is 1.17. The predicted octanol–water partition coefficient (Wildman–Crippen LogP) is 6.24. The number of unbranched alkanes of at least 4 members (excludes halogenated alkanes) is 12. The zero-order valence-electron chi connectivity index (χ0n) is 12.8. The minimum atomic E-state index is 1.17. The van der Waals surface area contributed by atoms with Crippen molar-refractivity contribution in [2.24, 2.45) is 0 Å². The van der Waals surface area contributed by atoms with Gasteiger partial charge in [-0.3, -0.25) is 0 Å². The Balaban J connectivity index is 2.92. The largest absolute Gasteiger partial charge is 0.505 e. The highest BCUT2D eigenvalue weighted by molar-refractivity contribution is 4.72. The van der Waals surface area contributed by atoms with E-state index in [1.54, 1.807) is 13.4 Å². The molecule has 0 saturated heterocycles. The standard InChI is InChI=1S/C17H34O/c1-3-4-5-6-7-8-9-10-11-12-13-14-15-16-17-18-2/h16-17H,3-15H2,1-2H3/b17-16-. The summed E-state index contributed by atoms with van der Waals surface area (Å²) in [5.74, 6) is 0. The van der Waals surface area contributed by atoms with Gasteiger partial charge in [-0.1, -0.05) is 77.6 Å². The molecule has 108 valence electrons. The molecule has 0 N–H and O–H groups in total. The van der Waals surface area contributed by atoms with Crippen LogP contribution in [0.2, 0.25) is 0 Å². The summed E-state index contributed by atoms with van der Waals surface area (Å²) in [7, 11) is 1.71. The second kappa shape index (κ2) is 16.5. The molecule has 0 spiro atoms. The summed E-state index contributed by atoms with van der Waals surface area (Å²) in [5, 5.41) is 0. The van der Waals surface area contributed by atoms with Gasteiger partial charge in [-0.2, -0.15) is 0 Å². The number of allylic oxidation sites excluding steroid dienone is 1. The minimum Gasteiger partial charge on any atom is -0.505 e. The Morgan fingerprint density at radius 2 is 1.11 bits per heavy atom. The molecule has 0 amide bonds. The molecule has 1 heteroatoms. The van der Waals surface area contributed by atoms with E-state index < -0.39 is 0 Å². The number of ether oxygens (including phenoxy) is 1. The van der Waals surface area contributed by atoms with E-state index in [0.29, 0.717) is 0 Å². The second-order valence-corrected chi connectivity index (χ2v) is 5.29. The van der Waals surface area contributed by atoms with Crippen molar-refractivity contribution < 1.29 is 4.74 Å². The quantitative estimate of drug-likeness (QED) is 0.263. The van der Waals surface area contributed by atoms with E-state index in [1.165, 1.54) is 83.5 Å². The van der Waals surface area contributed by atoms with Crippen molar-refractivity contribution in [3.63, 3.8) is 0 Å². The van der Waals surface area contributed by atoms with Crippen LogP contribution < -0.4 is 0 Å². The van der Waals surface area contributed by atoms with E-state index >= 15 is 0 Å². The maximum Gasteiger partial charge on any atom is 0.0784 e. The molecule has 0 aliphatic rings. The highest BCUT2D eigenvalue weighted by Gasteiger charge is 1.92. The number of hydrogen-bond acceptors (Lipinski definition) is 1. The van der Waals surface area contributed by atoms with Gasteiger partial charge in [-0.05, 0) is 18.9 Å². The summed E-state index contributed by atoms with van der Waals surface area (Å²) in [5.41, 5.74) is 0. The third-order valence-corrected chi connectivity index (χ3v) is 3.46. The average molecular weight is 254 g/mol. The molecule has 0 radical (unpaired) electrons. The van der Waals surface area contributed by atoms with Crippen LogP contribution in [0, 0.1) is 0 Å². The first kappa shape index (κ1) is 17.5. The van der Waals surface area contributed by atoms with Crippen LogP contribution in [0.1, 0.15) is 90.4 Å². The fraction of sp³-hybridized carbons (Fsp3) is 0.882. The molecule has 0 bridgehead atoms. The van der Waals surface area contributed by atoms with Gasteiger partial charge in [-0.25, -0.2) is 0 Å². The summed E-state index contributed by atoms with van der Waals surface area (Å²) in [4.78, 5) is 0. The molecule has 0 heterocycles. The topological polar surface area (TPSA) is 9.23 Å². The lowest BCUT2D eigenvalue weighted by Crippen LogP contribution is -1.82. The van der Waals surface area contributed by atoms with Crippen molar-refractivity contribution in [1.29, 1.82) is 0 Å². The molecule has 1 nitrogen and oxygen atoms in total. The van der Waals surface area contributed by atoms with E-state index in [0.717, 1.165) is 0 Å². The van der Waals surface area contributed by atoms with Gasteiger partial charge < -0.3 is 4.74 Å². The Kier molecular flexibility index (Phi) is 16.1. The van der Waals surface area contributed by atoms with Gasteiger partial charge in [0, 0.05) is 0 Å². The molecule has 0 aromatic rings. The summed E-state index contributed by atoms with van der Waals surface area (Å²) in [6.45, 7) is 2.28. The van der Waals surface area contributed by atoms with Crippen LogP contribution in [0.25, 0.3) is 0 Å².